The Labute approximate surface area is 185 Å². The topological polar surface area (TPSA) is 35.9 Å². The molecule has 1 N–H and O–H groups in total. The van der Waals surface area contributed by atoms with Crippen molar-refractivity contribution in [3.8, 4) is 5.75 Å². The molecule has 0 spiro atoms. The zero-order chi connectivity index (χ0) is 21.6. The Morgan fingerprint density at radius 3 is 2.06 bits per heavy atom. The summed E-state index contributed by atoms with van der Waals surface area (Å²) in [4.78, 5) is 4.92. The van der Waals surface area contributed by atoms with Gasteiger partial charge < -0.3 is 9.84 Å². The Hall–Kier alpha value is -2.66. The van der Waals surface area contributed by atoms with Crippen molar-refractivity contribution in [1.82, 2.24) is 9.80 Å². The van der Waals surface area contributed by atoms with Crippen LogP contribution >= 0.6 is 0 Å². The number of piperazine rings is 1. The SMILES string of the molecule is COc1ccc(CN2CCN(C(c3ccccc3)C(O)c3ccc(C)cc3)CC2)cc1. The standard InChI is InChI=1S/C27H32N2O2/c1-21-8-12-24(13-9-21)27(30)26(23-6-4-3-5-7-23)29-18-16-28(17-19-29)20-22-10-14-25(31-2)15-11-22/h3-15,26-27,30H,16-20H2,1-2H3. The third kappa shape index (κ3) is 5.34. The van der Waals surface area contributed by atoms with E-state index in [0.717, 1.165) is 44.0 Å². The maximum Gasteiger partial charge on any atom is 0.118 e. The molecule has 4 nitrogen and oxygen atoms in total. The van der Waals surface area contributed by atoms with Crippen molar-refractivity contribution in [3.05, 3.63) is 101 Å². The first-order valence-electron chi connectivity index (χ1n) is 11.0. The molecule has 0 aromatic heterocycles. The highest BCUT2D eigenvalue weighted by Gasteiger charge is 2.31. The van der Waals surface area contributed by atoms with Gasteiger partial charge in [-0.25, -0.2) is 0 Å². The maximum absolute atomic E-state index is 11.4. The molecule has 1 fully saturated rings. The average molecular weight is 417 g/mol. The van der Waals surface area contributed by atoms with E-state index >= 15 is 0 Å². The Bertz CT molecular complexity index is 933. The summed E-state index contributed by atoms with van der Waals surface area (Å²) in [6.45, 7) is 6.84. The summed E-state index contributed by atoms with van der Waals surface area (Å²) in [5, 5.41) is 11.4. The number of nitrogens with zero attached hydrogens (tertiary/aromatic N) is 2. The Balaban J connectivity index is 1.46. The molecule has 0 saturated carbocycles. The van der Waals surface area contributed by atoms with E-state index in [0.29, 0.717) is 0 Å². The predicted octanol–water partition coefficient (Wildman–Crippen LogP) is 4.60. The van der Waals surface area contributed by atoms with Crippen molar-refractivity contribution in [2.24, 2.45) is 0 Å². The van der Waals surface area contributed by atoms with Crippen LogP contribution < -0.4 is 4.74 Å². The highest BCUT2D eigenvalue weighted by molar-refractivity contribution is 5.29. The third-order valence-electron chi connectivity index (χ3n) is 6.22. The first kappa shape index (κ1) is 21.6. The molecular formula is C27H32N2O2. The summed E-state index contributed by atoms with van der Waals surface area (Å²) in [5.41, 5.74) is 4.65. The van der Waals surface area contributed by atoms with E-state index in [1.807, 2.05) is 18.2 Å². The minimum absolute atomic E-state index is 0.0490. The van der Waals surface area contributed by atoms with E-state index in [4.69, 9.17) is 4.74 Å². The Morgan fingerprint density at radius 2 is 1.45 bits per heavy atom. The fourth-order valence-corrected chi connectivity index (χ4v) is 4.38. The van der Waals surface area contributed by atoms with Crippen LogP contribution in [0.3, 0.4) is 0 Å². The van der Waals surface area contributed by atoms with Gasteiger partial charge >= 0.3 is 0 Å². The molecular weight excluding hydrogens is 384 g/mol. The molecule has 2 atom stereocenters. The van der Waals surface area contributed by atoms with Gasteiger partial charge in [0.2, 0.25) is 0 Å². The molecule has 31 heavy (non-hydrogen) atoms. The van der Waals surface area contributed by atoms with Crippen LogP contribution in [0.25, 0.3) is 0 Å². The van der Waals surface area contributed by atoms with E-state index in [9.17, 15) is 5.11 Å². The quantitative estimate of drug-likeness (QED) is 0.611. The van der Waals surface area contributed by atoms with E-state index < -0.39 is 6.10 Å². The second kappa shape index (κ2) is 10.1. The van der Waals surface area contributed by atoms with Gasteiger partial charge in [0.1, 0.15) is 5.75 Å². The molecule has 0 aliphatic carbocycles. The van der Waals surface area contributed by atoms with Gasteiger partial charge in [0.15, 0.2) is 0 Å². The lowest BCUT2D eigenvalue weighted by Crippen LogP contribution is -2.48. The normalized spacial score (nSPS) is 17.3. The number of methoxy groups -OCH3 is 1. The first-order valence-corrected chi connectivity index (χ1v) is 11.0. The van der Waals surface area contributed by atoms with Crippen molar-refractivity contribution in [2.75, 3.05) is 33.3 Å². The lowest BCUT2D eigenvalue weighted by Gasteiger charge is -2.41. The van der Waals surface area contributed by atoms with Crippen LogP contribution in [-0.2, 0) is 6.54 Å². The predicted molar refractivity (Wildman–Crippen MR) is 125 cm³/mol. The molecule has 1 heterocycles. The number of hydrogen-bond donors (Lipinski definition) is 1. The van der Waals surface area contributed by atoms with Crippen LogP contribution in [0, 0.1) is 6.92 Å². The summed E-state index contributed by atoms with van der Waals surface area (Å²) in [6.07, 6.45) is -0.559. The van der Waals surface area contributed by atoms with Crippen LogP contribution in [-0.4, -0.2) is 48.2 Å². The number of benzene rings is 3. The fraction of sp³-hybridized carbons (Fsp3) is 0.333. The molecule has 4 heteroatoms. The zero-order valence-electron chi connectivity index (χ0n) is 18.4. The number of hydrogen-bond acceptors (Lipinski definition) is 4. The van der Waals surface area contributed by atoms with Crippen LogP contribution in [0.5, 0.6) is 5.75 Å². The Morgan fingerprint density at radius 1 is 0.806 bits per heavy atom. The minimum Gasteiger partial charge on any atom is -0.497 e. The van der Waals surface area contributed by atoms with Crippen molar-refractivity contribution in [3.63, 3.8) is 0 Å². The number of aliphatic hydroxyl groups excluding tert-OH is 1. The molecule has 162 valence electrons. The number of rotatable bonds is 7. The molecule has 1 aliphatic heterocycles. The maximum atomic E-state index is 11.4. The van der Waals surface area contributed by atoms with Gasteiger partial charge in [-0.05, 0) is 35.7 Å². The molecule has 3 aromatic rings. The number of aryl methyl sites for hydroxylation is 1. The molecule has 1 aliphatic rings. The monoisotopic (exact) mass is 416 g/mol. The fourth-order valence-electron chi connectivity index (χ4n) is 4.38. The van der Waals surface area contributed by atoms with Crippen molar-refractivity contribution in [2.45, 2.75) is 25.6 Å². The van der Waals surface area contributed by atoms with Gasteiger partial charge in [-0.15, -0.1) is 0 Å². The van der Waals surface area contributed by atoms with E-state index in [1.54, 1.807) is 7.11 Å². The summed E-state index contributed by atoms with van der Waals surface area (Å²) in [7, 11) is 1.70. The van der Waals surface area contributed by atoms with Crippen molar-refractivity contribution >= 4 is 0 Å². The molecule has 1 saturated heterocycles. The number of aliphatic hydroxyl groups is 1. The molecule has 0 amide bonds. The molecule has 0 radical (unpaired) electrons. The van der Waals surface area contributed by atoms with Crippen LogP contribution in [0.4, 0.5) is 0 Å². The highest BCUT2D eigenvalue weighted by atomic mass is 16.5. The van der Waals surface area contributed by atoms with Crippen LogP contribution in [0.1, 0.15) is 34.4 Å². The van der Waals surface area contributed by atoms with Gasteiger partial charge in [0.25, 0.3) is 0 Å². The summed E-state index contributed by atoms with van der Waals surface area (Å²) in [5.74, 6) is 0.893. The summed E-state index contributed by atoms with van der Waals surface area (Å²) in [6, 6.07) is 26.9. The highest BCUT2D eigenvalue weighted by Crippen LogP contribution is 2.35. The van der Waals surface area contributed by atoms with E-state index in [1.165, 1.54) is 16.7 Å². The second-order valence-corrected chi connectivity index (χ2v) is 8.37. The average Bonchev–Trinajstić information content (AvgIpc) is 2.82. The van der Waals surface area contributed by atoms with Crippen molar-refractivity contribution < 1.29 is 9.84 Å². The largest absolute Gasteiger partial charge is 0.497 e. The molecule has 3 aromatic carbocycles. The molecule has 4 rings (SSSR count). The number of ether oxygens (including phenoxy) is 1. The first-order chi connectivity index (χ1) is 15.1. The smallest absolute Gasteiger partial charge is 0.118 e. The van der Waals surface area contributed by atoms with Gasteiger partial charge in [0.05, 0.1) is 19.3 Å². The van der Waals surface area contributed by atoms with Gasteiger partial charge in [0, 0.05) is 32.7 Å². The van der Waals surface area contributed by atoms with Crippen molar-refractivity contribution in [1.29, 1.82) is 0 Å². The van der Waals surface area contributed by atoms with E-state index in [-0.39, 0.29) is 6.04 Å². The van der Waals surface area contributed by atoms with E-state index in [2.05, 4.69) is 77.4 Å². The third-order valence-corrected chi connectivity index (χ3v) is 6.22. The Kier molecular flexibility index (Phi) is 7.03. The van der Waals surface area contributed by atoms with Crippen LogP contribution in [0.15, 0.2) is 78.9 Å². The molecule has 2 unspecified atom stereocenters. The second-order valence-electron chi connectivity index (χ2n) is 8.37. The summed E-state index contributed by atoms with van der Waals surface area (Å²) < 4.78 is 5.26. The lowest BCUT2D eigenvalue weighted by molar-refractivity contribution is 0.0148. The minimum atomic E-state index is -0.559. The molecule has 0 bridgehead atoms. The van der Waals surface area contributed by atoms with Crippen LogP contribution in [0.2, 0.25) is 0 Å². The summed E-state index contributed by atoms with van der Waals surface area (Å²) >= 11 is 0. The zero-order valence-corrected chi connectivity index (χ0v) is 18.4. The van der Waals surface area contributed by atoms with Gasteiger partial charge in [-0.3, -0.25) is 9.80 Å². The van der Waals surface area contributed by atoms with Gasteiger partial charge in [-0.1, -0.05) is 72.3 Å². The lowest BCUT2D eigenvalue weighted by atomic mass is 9.93. The van der Waals surface area contributed by atoms with Gasteiger partial charge in [-0.2, -0.15) is 0 Å².